The maximum absolute atomic E-state index is 13.3. The van der Waals surface area contributed by atoms with Crippen LogP contribution in [0.15, 0.2) is 24.3 Å². The molecule has 1 heterocycles. The van der Waals surface area contributed by atoms with E-state index in [-0.39, 0.29) is 11.4 Å². The average Bonchev–Trinajstić information content (AvgIpc) is 2.88. The van der Waals surface area contributed by atoms with E-state index < -0.39 is 0 Å². The Balaban J connectivity index is 2.10. The Bertz CT molecular complexity index is 426. The summed E-state index contributed by atoms with van der Waals surface area (Å²) in [4.78, 5) is 2.37. The molecule has 0 spiro atoms. The Kier molecular flexibility index (Phi) is 4.55. The predicted octanol–water partition coefficient (Wildman–Crippen LogP) is 1.81. The molecule has 4 heteroatoms. The lowest BCUT2D eigenvalue weighted by atomic mass is 9.91. The fourth-order valence-corrected chi connectivity index (χ4v) is 2.81. The van der Waals surface area contributed by atoms with Crippen molar-refractivity contribution < 1.29 is 9.13 Å². The van der Waals surface area contributed by atoms with Crippen molar-refractivity contribution in [1.82, 2.24) is 4.90 Å². The Morgan fingerprint density at radius 3 is 2.89 bits per heavy atom. The van der Waals surface area contributed by atoms with Crippen LogP contribution in [0.25, 0.3) is 0 Å². The zero-order valence-corrected chi connectivity index (χ0v) is 11.7. The number of nitrogens with two attached hydrogens (primary N) is 1. The fourth-order valence-electron chi connectivity index (χ4n) is 2.81. The summed E-state index contributed by atoms with van der Waals surface area (Å²) in [5.41, 5.74) is 6.84. The van der Waals surface area contributed by atoms with Gasteiger partial charge in [-0.2, -0.15) is 0 Å². The zero-order chi connectivity index (χ0) is 13.9. The van der Waals surface area contributed by atoms with Gasteiger partial charge in [0.05, 0.1) is 6.10 Å². The van der Waals surface area contributed by atoms with Gasteiger partial charge in [0.15, 0.2) is 0 Å². The lowest BCUT2D eigenvalue weighted by Crippen LogP contribution is -2.52. The minimum Gasteiger partial charge on any atom is -0.380 e. The van der Waals surface area contributed by atoms with E-state index in [0.29, 0.717) is 12.6 Å². The molecule has 2 rings (SSSR count). The topological polar surface area (TPSA) is 38.5 Å². The summed E-state index contributed by atoms with van der Waals surface area (Å²) < 4.78 is 18.7. The van der Waals surface area contributed by atoms with E-state index >= 15 is 0 Å². The van der Waals surface area contributed by atoms with Gasteiger partial charge in [-0.1, -0.05) is 12.1 Å². The van der Waals surface area contributed by atoms with E-state index in [1.54, 1.807) is 19.2 Å². The van der Waals surface area contributed by atoms with Gasteiger partial charge in [0.1, 0.15) is 5.82 Å². The summed E-state index contributed by atoms with van der Waals surface area (Å²) >= 11 is 0. The summed E-state index contributed by atoms with van der Waals surface area (Å²) in [6, 6.07) is 6.78. The predicted molar refractivity (Wildman–Crippen MR) is 74.6 cm³/mol. The van der Waals surface area contributed by atoms with Gasteiger partial charge >= 0.3 is 0 Å². The molecule has 2 atom stereocenters. The van der Waals surface area contributed by atoms with Crippen molar-refractivity contribution in [3.05, 3.63) is 35.6 Å². The van der Waals surface area contributed by atoms with Crippen molar-refractivity contribution in [3.63, 3.8) is 0 Å². The molecule has 106 valence electrons. The summed E-state index contributed by atoms with van der Waals surface area (Å²) in [7, 11) is 1.75. The Hall–Kier alpha value is -0.970. The molecule has 1 aromatic carbocycles. The van der Waals surface area contributed by atoms with E-state index in [9.17, 15) is 4.39 Å². The van der Waals surface area contributed by atoms with Crippen molar-refractivity contribution in [2.24, 2.45) is 5.73 Å². The van der Waals surface area contributed by atoms with E-state index in [2.05, 4.69) is 11.8 Å². The Morgan fingerprint density at radius 2 is 2.32 bits per heavy atom. The van der Waals surface area contributed by atoms with Gasteiger partial charge in [0.25, 0.3) is 0 Å². The normalized spacial score (nSPS) is 23.5. The number of likely N-dealkylation sites (tertiary alicyclic amines) is 1. The largest absolute Gasteiger partial charge is 0.380 e. The van der Waals surface area contributed by atoms with Crippen LogP contribution in [0.4, 0.5) is 4.39 Å². The molecule has 0 bridgehead atoms. The molecule has 1 aromatic rings. The minimum atomic E-state index is -0.187. The van der Waals surface area contributed by atoms with Crippen molar-refractivity contribution in [1.29, 1.82) is 0 Å². The first kappa shape index (κ1) is 14.4. The third-order valence-electron chi connectivity index (χ3n) is 4.16. The number of nitrogens with zero attached hydrogens (tertiary/aromatic N) is 1. The highest BCUT2D eigenvalue weighted by Gasteiger charge is 2.36. The van der Waals surface area contributed by atoms with E-state index in [1.165, 1.54) is 6.07 Å². The second-order valence-corrected chi connectivity index (χ2v) is 5.60. The van der Waals surface area contributed by atoms with E-state index in [1.807, 2.05) is 6.07 Å². The van der Waals surface area contributed by atoms with Crippen LogP contribution in [0.5, 0.6) is 0 Å². The molecule has 0 aromatic heterocycles. The molecule has 1 aliphatic heterocycles. The van der Waals surface area contributed by atoms with Crippen LogP contribution in [-0.2, 0) is 11.2 Å². The molecule has 3 nitrogen and oxygen atoms in total. The van der Waals surface area contributed by atoms with Crippen LogP contribution in [0, 0.1) is 5.82 Å². The molecular weight excluding hydrogens is 243 g/mol. The Labute approximate surface area is 114 Å². The van der Waals surface area contributed by atoms with Crippen molar-refractivity contribution >= 4 is 0 Å². The van der Waals surface area contributed by atoms with Gasteiger partial charge in [0, 0.05) is 32.3 Å². The van der Waals surface area contributed by atoms with Crippen molar-refractivity contribution in [2.75, 3.05) is 26.7 Å². The van der Waals surface area contributed by atoms with Crippen molar-refractivity contribution in [2.45, 2.75) is 31.4 Å². The van der Waals surface area contributed by atoms with Crippen LogP contribution in [0.2, 0.25) is 0 Å². The fraction of sp³-hybridized carbons (Fsp3) is 0.600. The van der Waals surface area contributed by atoms with Crippen LogP contribution >= 0.6 is 0 Å². The number of hydrogen-bond acceptors (Lipinski definition) is 3. The Morgan fingerprint density at radius 1 is 1.53 bits per heavy atom. The van der Waals surface area contributed by atoms with Crippen LogP contribution < -0.4 is 5.73 Å². The third-order valence-corrected chi connectivity index (χ3v) is 4.16. The average molecular weight is 266 g/mol. The molecule has 0 saturated carbocycles. The lowest BCUT2D eigenvalue weighted by molar-refractivity contribution is 0.0802. The van der Waals surface area contributed by atoms with Crippen LogP contribution in [0.3, 0.4) is 0 Å². The molecule has 2 N–H and O–H groups in total. The van der Waals surface area contributed by atoms with E-state index in [4.69, 9.17) is 10.5 Å². The third kappa shape index (κ3) is 3.32. The van der Waals surface area contributed by atoms with Gasteiger partial charge in [-0.05, 0) is 37.5 Å². The van der Waals surface area contributed by atoms with Gasteiger partial charge in [-0.25, -0.2) is 4.39 Å². The molecule has 1 saturated heterocycles. The maximum atomic E-state index is 13.3. The quantitative estimate of drug-likeness (QED) is 0.883. The van der Waals surface area contributed by atoms with Crippen molar-refractivity contribution in [3.8, 4) is 0 Å². The van der Waals surface area contributed by atoms with Gasteiger partial charge < -0.3 is 10.5 Å². The molecular formula is C15H23FN2O. The van der Waals surface area contributed by atoms with Crippen LogP contribution in [0.1, 0.15) is 18.9 Å². The van der Waals surface area contributed by atoms with Gasteiger partial charge in [-0.3, -0.25) is 4.90 Å². The second kappa shape index (κ2) is 5.99. The number of ether oxygens (including phenoxy) is 1. The molecule has 0 aliphatic carbocycles. The molecule has 19 heavy (non-hydrogen) atoms. The number of benzene rings is 1. The number of halogens is 1. The van der Waals surface area contributed by atoms with E-state index in [0.717, 1.165) is 31.5 Å². The number of methoxy groups -OCH3 is 1. The number of rotatable bonds is 5. The molecule has 0 amide bonds. The highest BCUT2D eigenvalue weighted by atomic mass is 19.1. The molecule has 1 fully saturated rings. The van der Waals surface area contributed by atoms with Gasteiger partial charge in [-0.15, -0.1) is 0 Å². The standard InChI is InChI=1S/C15H23FN2O/c1-15(11-17,18-7-6-14(10-18)19-2)9-12-4-3-5-13(16)8-12/h3-5,8,14H,6-7,9-11,17H2,1-2H3. The highest BCUT2D eigenvalue weighted by molar-refractivity contribution is 5.19. The molecule has 2 unspecified atom stereocenters. The zero-order valence-electron chi connectivity index (χ0n) is 11.7. The minimum absolute atomic E-state index is 0.138. The summed E-state index contributed by atoms with van der Waals surface area (Å²) in [6.45, 7) is 4.59. The maximum Gasteiger partial charge on any atom is 0.123 e. The van der Waals surface area contributed by atoms with Gasteiger partial charge in [0.2, 0.25) is 0 Å². The monoisotopic (exact) mass is 266 g/mol. The smallest absolute Gasteiger partial charge is 0.123 e. The first-order valence-electron chi connectivity index (χ1n) is 6.80. The SMILES string of the molecule is COC1CCN(C(C)(CN)Cc2cccc(F)c2)C1. The molecule has 1 aliphatic rings. The summed E-state index contributed by atoms with van der Waals surface area (Å²) in [6.07, 6.45) is 2.09. The lowest BCUT2D eigenvalue weighted by Gasteiger charge is -2.38. The second-order valence-electron chi connectivity index (χ2n) is 5.60. The first-order chi connectivity index (χ1) is 9.07. The first-order valence-corrected chi connectivity index (χ1v) is 6.80. The number of hydrogen-bond donors (Lipinski definition) is 1. The summed E-state index contributed by atoms with van der Waals surface area (Å²) in [5.74, 6) is -0.187. The molecule has 0 radical (unpaired) electrons. The van der Waals surface area contributed by atoms with Crippen LogP contribution in [-0.4, -0.2) is 43.3 Å². The summed E-state index contributed by atoms with van der Waals surface area (Å²) in [5, 5.41) is 0. The highest BCUT2D eigenvalue weighted by Crippen LogP contribution is 2.26.